The Morgan fingerprint density at radius 1 is 1.00 bits per heavy atom. The summed E-state index contributed by atoms with van der Waals surface area (Å²) in [6.07, 6.45) is 1.62. The molecule has 0 amide bonds. The second kappa shape index (κ2) is 9.43. The SMILES string of the molecule is Nc1nc(/N=C2\NC(c3ccccc3)=CC(c3ccc(Cl)cc3)O2)nc(N2CCOCC2)n1. The first-order chi connectivity index (χ1) is 16.1. The summed E-state index contributed by atoms with van der Waals surface area (Å²) in [6, 6.07) is 17.7. The van der Waals surface area contributed by atoms with Crippen molar-refractivity contribution >= 4 is 41.2 Å². The van der Waals surface area contributed by atoms with Crippen LogP contribution in [0.4, 0.5) is 17.8 Å². The number of morpholine rings is 1. The van der Waals surface area contributed by atoms with Gasteiger partial charge in [-0.25, -0.2) is 0 Å². The second-order valence-corrected chi connectivity index (χ2v) is 7.91. The van der Waals surface area contributed by atoms with E-state index in [0.717, 1.165) is 16.8 Å². The van der Waals surface area contributed by atoms with Crippen LogP contribution in [0.15, 0.2) is 65.7 Å². The molecule has 1 aromatic heterocycles. The quantitative estimate of drug-likeness (QED) is 0.606. The van der Waals surface area contributed by atoms with Crippen LogP contribution in [0.25, 0.3) is 5.70 Å². The monoisotopic (exact) mass is 463 g/mol. The first-order valence-electron chi connectivity index (χ1n) is 10.5. The van der Waals surface area contributed by atoms with E-state index in [1.54, 1.807) is 0 Å². The fraction of sp³-hybridized carbons (Fsp3) is 0.217. The lowest BCUT2D eigenvalue weighted by molar-refractivity contribution is 0.122. The number of amidine groups is 1. The topological polar surface area (TPSA) is 111 Å². The average molecular weight is 464 g/mol. The number of rotatable bonds is 4. The Hall–Kier alpha value is -3.69. The second-order valence-electron chi connectivity index (χ2n) is 7.47. The van der Waals surface area contributed by atoms with Gasteiger partial charge in [0.25, 0.3) is 12.0 Å². The van der Waals surface area contributed by atoms with Crippen molar-refractivity contribution in [2.75, 3.05) is 36.9 Å². The van der Waals surface area contributed by atoms with Gasteiger partial charge in [-0.15, -0.1) is 0 Å². The van der Waals surface area contributed by atoms with Crippen molar-refractivity contribution < 1.29 is 9.47 Å². The molecule has 0 aliphatic carbocycles. The molecular weight excluding hydrogens is 442 g/mol. The number of benzene rings is 2. The van der Waals surface area contributed by atoms with Crippen molar-refractivity contribution in [3.8, 4) is 0 Å². The van der Waals surface area contributed by atoms with Gasteiger partial charge in [0.15, 0.2) is 0 Å². The van der Waals surface area contributed by atoms with Crippen LogP contribution in [-0.4, -0.2) is 47.3 Å². The van der Waals surface area contributed by atoms with Crippen molar-refractivity contribution in [3.05, 3.63) is 76.8 Å². The van der Waals surface area contributed by atoms with E-state index in [1.807, 2.05) is 65.6 Å². The molecule has 3 heterocycles. The molecule has 3 N–H and O–H groups in total. The molecule has 0 bridgehead atoms. The predicted molar refractivity (Wildman–Crippen MR) is 127 cm³/mol. The molecule has 9 nitrogen and oxygen atoms in total. The zero-order valence-corrected chi connectivity index (χ0v) is 18.4. The van der Waals surface area contributed by atoms with Crippen LogP contribution >= 0.6 is 11.6 Å². The number of halogens is 1. The standard InChI is InChI=1S/C23H22ClN7O2/c24-17-8-6-16(7-9-17)19-14-18(15-4-2-1-3-5-15)26-23(33-19)30-21-27-20(25)28-22(29-21)31-10-12-32-13-11-31/h1-9,14,19H,10-13H2,(H3,25,26,27,28,29,30). The third kappa shape index (κ3) is 5.05. The number of hydrogen-bond acceptors (Lipinski definition) is 8. The van der Waals surface area contributed by atoms with Crippen LogP contribution in [-0.2, 0) is 9.47 Å². The largest absolute Gasteiger partial charge is 0.452 e. The van der Waals surface area contributed by atoms with E-state index in [0.29, 0.717) is 37.3 Å². The van der Waals surface area contributed by atoms with Crippen molar-refractivity contribution in [3.63, 3.8) is 0 Å². The smallest absolute Gasteiger partial charge is 0.298 e. The lowest BCUT2D eigenvalue weighted by Gasteiger charge is -2.27. The minimum atomic E-state index is -0.379. The molecule has 0 radical (unpaired) electrons. The number of nitrogen functional groups attached to an aromatic ring is 1. The summed E-state index contributed by atoms with van der Waals surface area (Å²) in [5.41, 5.74) is 8.74. The van der Waals surface area contributed by atoms with E-state index < -0.39 is 0 Å². The Kier molecular flexibility index (Phi) is 6.05. The van der Waals surface area contributed by atoms with Gasteiger partial charge in [-0.05, 0) is 29.3 Å². The van der Waals surface area contributed by atoms with E-state index in [1.165, 1.54) is 0 Å². The average Bonchev–Trinajstić information content (AvgIpc) is 2.85. The zero-order valence-electron chi connectivity index (χ0n) is 17.7. The number of ether oxygens (including phenoxy) is 2. The summed E-state index contributed by atoms with van der Waals surface area (Å²) < 4.78 is 11.5. The van der Waals surface area contributed by atoms with Gasteiger partial charge in [0, 0.05) is 23.8 Å². The maximum absolute atomic E-state index is 6.14. The highest BCUT2D eigenvalue weighted by Crippen LogP contribution is 2.29. The zero-order chi connectivity index (χ0) is 22.6. The first kappa shape index (κ1) is 21.2. The van der Waals surface area contributed by atoms with Gasteiger partial charge >= 0.3 is 0 Å². The molecule has 1 fully saturated rings. The van der Waals surface area contributed by atoms with Crippen LogP contribution in [0, 0.1) is 0 Å². The third-order valence-electron chi connectivity index (χ3n) is 5.21. The molecule has 2 aromatic carbocycles. The van der Waals surface area contributed by atoms with Crippen LogP contribution < -0.4 is 16.0 Å². The van der Waals surface area contributed by atoms with Crippen LogP contribution in [0.2, 0.25) is 5.02 Å². The molecule has 2 aliphatic rings. The number of anilines is 2. The Bertz CT molecular complexity index is 1180. The van der Waals surface area contributed by atoms with E-state index in [-0.39, 0.29) is 24.0 Å². The molecular formula is C23H22ClN7O2. The molecule has 1 unspecified atom stereocenters. The highest BCUT2D eigenvalue weighted by Gasteiger charge is 2.23. The van der Waals surface area contributed by atoms with Crippen LogP contribution in [0.3, 0.4) is 0 Å². The molecule has 10 heteroatoms. The molecule has 0 spiro atoms. The fourth-order valence-electron chi connectivity index (χ4n) is 3.56. The summed E-state index contributed by atoms with van der Waals surface area (Å²) >= 11 is 6.07. The molecule has 2 aliphatic heterocycles. The van der Waals surface area contributed by atoms with Crippen molar-refractivity contribution in [2.45, 2.75) is 6.10 Å². The van der Waals surface area contributed by atoms with Crippen LogP contribution in [0.5, 0.6) is 0 Å². The lowest BCUT2D eigenvalue weighted by Crippen LogP contribution is -2.37. The maximum atomic E-state index is 6.14. The van der Waals surface area contributed by atoms with Crippen LogP contribution in [0.1, 0.15) is 17.2 Å². The van der Waals surface area contributed by atoms with E-state index >= 15 is 0 Å². The fourth-order valence-corrected chi connectivity index (χ4v) is 3.69. The van der Waals surface area contributed by atoms with E-state index in [2.05, 4.69) is 25.3 Å². The van der Waals surface area contributed by atoms with Crippen molar-refractivity contribution in [1.82, 2.24) is 20.3 Å². The summed E-state index contributed by atoms with van der Waals surface area (Å²) in [7, 11) is 0. The molecule has 0 saturated carbocycles. The predicted octanol–water partition coefficient (Wildman–Crippen LogP) is 3.33. The van der Waals surface area contributed by atoms with Gasteiger partial charge in [0.05, 0.1) is 13.2 Å². The lowest BCUT2D eigenvalue weighted by atomic mass is 10.0. The summed E-state index contributed by atoms with van der Waals surface area (Å²) in [5.74, 6) is 0.722. The van der Waals surface area contributed by atoms with Crippen molar-refractivity contribution in [2.24, 2.45) is 4.99 Å². The summed E-state index contributed by atoms with van der Waals surface area (Å²) in [4.78, 5) is 19.4. The minimum absolute atomic E-state index is 0.0923. The Morgan fingerprint density at radius 2 is 1.76 bits per heavy atom. The molecule has 3 aromatic rings. The number of nitrogens with zero attached hydrogens (tertiary/aromatic N) is 5. The summed E-state index contributed by atoms with van der Waals surface area (Å²) in [6.45, 7) is 2.56. The van der Waals surface area contributed by atoms with Gasteiger partial charge in [0.2, 0.25) is 11.9 Å². The number of aromatic nitrogens is 3. The maximum Gasteiger partial charge on any atom is 0.298 e. The number of hydrogen-bond donors (Lipinski definition) is 2. The highest BCUT2D eigenvalue weighted by atomic mass is 35.5. The third-order valence-corrected chi connectivity index (χ3v) is 5.46. The normalized spacial score (nSPS) is 19.5. The number of aliphatic imine (C=N–C) groups is 1. The van der Waals surface area contributed by atoms with Crippen molar-refractivity contribution in [1.29, 1.82) is 0 Å². The number of nitrogens with one attached hydrogen (secondary N) is 1. The highest BCUT2D eigenvalue weighted by molar-refractivity contribution is 6.30. The van der Waals surface area contributed by atoms with Gasteiger partial charge in [-0.1, -0.05) is 54.1 Å². The van der Waals surface area contributed by atoms with Gasteiger partial charge in [0.1, 0.15) is 6.10 Å². The molecule has 33 heavy (non-hydrogen) atoms. The molecule has 1 atom stereocenters. The van der Waals surface area contributed by atoms with Gasteiger partial charge in [-0.2, -0.15) is 19.9 Å². The van der Waals surface area contributed by atoms with Gasteiger partial charge in [-0.3, -0.25) is 0 Å². The summed E-state index contributed by atoms with van der Waals surface area (Å²) in [5, 5.41) is 3.89. The Morgan fingerprint density at radius 3 is 2.52 bits per heavy atom. The van der Waals surface area contributed by atoms with E-state index in [4.69, 9.17) is 26.8 Å². The minimum Gasteiger partial charge on any atom is -0.452 e. The molecule has 1 saturated heterocycles. The molecule has 5 rings (SSSR count). The number of nitrogens with two attached hydrogens (primary N) is 1. The Balaban J connectivity index is 1.49. The first-order valence-corrected chi connectivity index (χ1v) is 10.9. The van der Waals surface area contributed by atoms with Gasteiger partial charge < -0.3 is 25.4 Å². The Labute approximate surface area is 195 Å². The van der Waals surface area contributed by atoms with E-state index in [9.17, 15) is 0 Å². The molecule has 168 valence electrons.